The molecule has 124 valence electrons. The first-order valence-corrected chi connectivity index (χ1v) is 9.38. The van der Waals surface area contributed by atoms with Crippen LogP contribution in [0.15, 0.2) is 28.7 Å². The van der Waals surface area contributed by atoms with Gasteiger partial charge in [-0.25, -0.2) is 8.42 Å². The van der Waals surface area contributed by atoms with Crippen molar-refractivity contribution >= 4 is 44.1 Å². The highest BCUT2D eigenvalue weighted by Crippen LogP contribution is 2.23. The Morgan fingerprint density at radius 1 is 1.23 bits per heavy atom. The highest BCUT2D eigenvalue weighted by molar-refractivity contribution is 9.10. The predicted octanol–water partition coefficient (Wildman–Crippen LogP) is 1.69. The Bertz CT molecular complexity index is 632. The number of sulfone groups is 1. The highest BCUT2D eigenvalue weighted by Gasteiger charge is 2.35. The summed E-state index contributed by atoms with van der Waals surface area (Å²) in [7, 11) is -3.04. The van der Waals surface area contributed by atoms with Crippen molar-refractivity contribution in [1.29, 1.82) is 0 Å². The highest BCUT2D eigenvalue weighted by atomic mass is 79.9. The van der Waals surface area contributed by atoms with E-state index in [0.29, 0.717) is 18.5 Å². The molecule has 0 saturated carbocycles. The normalized spacial score (nSPS) is 20.4. The van der Waals surface area contributed by atoms with E-state index in [9.17, 15) is 13.2 Å². The Labute approximate surface area is 145 Å². The van der Waals surface area contributed by atoms with Gasteiger partial charge < -0.3 is 10.6 Å². The molecule has 1 unspecified atom stereocenters. The van der Waals surface area contributed by atoms with Crippen LogP contribution in [0.4, 0.5) is 0 Å². The van der Waals surface area contributed by atoms with Gasteiger partial charge in [0.25, 0.3) is 0 Å². The summed E-state index contributed by atoms with van der Waals surface area (Å²) in [4.78, 5) is 14.2. The molecular weight excluding hydrogens is 392 g/mol. The van der Waals surface area contributed by atoms with Gasteiger partial charge in [-0.3, -0.25) is 4.79 Å². The second kappa shape index (κ2) is 7.29. The third kappa shape index (κ3) is 4.44. The van der Waals surface area contributed by atoms with Gasteiger partial charge in [-0.05, 0) is 31.0 Å². The molecule has 1 atom stereocenters. The van der Waals surface area contributed by atoms with Gasteiger partial charge in [0.15, 0.2) is 9.84 Å². The van der Waals surface area contributed by atoms with Gasteiger partial charge in [0.2, 0.25) is 5.91 Å². The van der Waals surface area contributed by atoms with Crippen LogP contribution in [0, 0.1) is 0 Å². The third-order valence-electron chi connectivity index (χ3n) is 3.73. The predicted molar refractivity (Wildman–Crippen MR) is 92.8 cm³/mol. The summed E-state index contributed by atoms with van der Waals surface area (Å²) < 4.78 is 24.2. The van der Waals surface area contributed by atoms with Gasteiger partial charge in [0.1, 0.15) is 5.54 Å². The molecule has 1 fully saturated rings. The van der Waals surface area contributed by atoms with Crippen molar-refractivity contribution in [2.75, 3.05) is 24.6 Å². The van der Waals surface area contributed by atoms with E-state index in [4.69, 9.17) is 5.73 Å². The minimum absolute atomic E-state index is 0. The van der Waals surface area contributed by atoms with Gasteiger partial charge >= 0.3 is 0 Å². The van der Waals surface area contributed by atoms with Crippen LogP contribution in [0.2, 0.25) is 0 Å². The minimum Gasteiger partial charge on any atom is -0.340 e. The van der Waals surface area contributed by atoms with E-state index < -0.39 is 15.4 Å². The van der Waals surface area contributed by atoms with Crippen LogP contribution in [0.25, 0.3) is 0 Å². The number of amides is 1. The van der Waals surface area contributed by atoms with Crippen LogP contribution >= 0.6 is 28.3 Å². The first kappa shape index (κ1) is 19.4. The van der Waals surface area contributed by atoms with E-state index in [2.05, 4.69) is 15.9 Å². The fourth-order valence-electron chi connectivity index (χ4n) is 2.39. The largest absolute Gasteiger partial charge is 0.340 e. The molecule has 0 aromatic heterocycles. The van der Waals surface area contributed by atoms with Crippen molar-refractivity contribution < 1.29 is 13.2 Å². The third-order valence-corrected chi connectivity index (χ3v) is 5.97. The van der Waals surface area contributed by atoms with Gasteiger partial charge in [-0.2, -0.15) is 0 Å². The molecular formula is C14H20BrClN2O3S. The van der Waals surface area contributed by atoms with Crippen molar-refractivity contribution in [1.82, 2.24) is 4.90 Å². The summed E-state index contributed by atoms with van der Waals surface area (Å²) in [5, 5.41) is 0. The maximum absolute atomic E-state index is 12.7. The summed E-state index contributed by atoms with van der Waals surface area (Å²) in [6.07, 6.45) is 0.463. The van der Waals surface area contributed by atoms with E-state index in [-0.39, 0.29) is 36.4 Å². The van der Waals surface area contributed by atoms with Crippen molar-refractivity contribution in [3.05, 3.63) is 34.3 Å². The van der Waals surface area contributed by atoms with Crippen LogP contribution in [0.5, 0.6) is 0 Å². The number of carbonyl (C=O) groups excluding carboxylic acids is 1. The quantitative estimate of drug-likeness (QED) is 0.803. The maximum atomic E-state index is 12.7. The van der Waals surface area contributed by atoms with Crippen molar-refractivity contribution in [3.63, 3.8) is 0 Å². The molecule has 0 aliphatic carbocycles. The molecule has 2 N–H and O–H groups in total. The second-order valence-electron chi connectivity index (χ2n) is 5.51. The topological polar surface area (TPSA) is 80.5 Å². The smallest absolute Gasteiger partial charge is 0.247 e. The van der Waals surface area contributed by atoms with Crippen LogP contribution in [-0.4, -0.2) is 43.8 Å². The average molecular weight is 412 g/mol. The molecule has 1 aliphatic rings. The summed E-state index contributed by atoms with van der Waals surface area (Å²) in [5.74, 6) is -0.0900. The van der Waals surface area contributed by atoms with E-state index in [1.165, 1.54) is 0 Å². The Morgan fingerprint density at radius 2 is 1.82 bits per heavy atom. The number of rotatable bonds is 2. The Morgan fingerprint density at radius 3 is 2.41 bits per heavy atom. The number of carbonyl (C=O) groups is 1. The lowest BCUT2D eigenvalue weighted by atomic mass is 9.91. The van der Waals surface area contributed by atoms with E-state index in [1.807, 2.05) is 12.1 Å². The molecule has 0 bridgehead atoms. The fraction of sp³-hybridized carbons (Fsp3) is 0.500. The number of nitrogens with zero attached hydrogens (tertiary/aromatic N) is 1. The minimum atomic E-state index is -3.04. The molecule has 8 heteroatoms. The zero-order valence-corrected chi connectivity index (χ0v) is 15.5. The van der Waals surface area contributed by atoms with E-state index in [1.54, 1.807) is 24.0 Å². The van der Waals surface area contributed by atoms with Gasteiger partial charge in [0, 0.05) is 17.6 Å². The molecule has 1 aromatic rings. The zero-order chi connectivity index (χ0) is 15.7. The molecule has 1 saturated heterocycles. The van der Waals surface area contributed by atoms with Crippen LogP contribution in [-0.2, 0) is 20.2 Å². The Hall–Kier alpha value is -0.630. The van der Waals surface area contributed by atoms with Crippen LogP contribution in [0.1, 0.15) is 18.9 Å². The second-order valence-corrected chi connectivity index (χ2v) is 8.73. The maximum Gasteiger partial charge on any atom is 0.247 e. The monoisotopic (exact) mass is 410 g/mol. The molecule has 1 aromatic carbocycles. The molecule has 5 nitrogen and oxygen atoms in total. The summed E-state index contributed by atoms with van der Waals surface area (Å²) >= 11 is 3.35. The molecule has 1 aliphatic heterocycles. The number of halogens is 2. The lowest BCUT2D eigenvalue weighted by molar-refractivity contribution is -0.136. The molecule has 1 amide bonds. The van der Waals surface area contributed by atoms with E-state index >= 15 is 0 Å². The van der Waals surface area contributed by atoms with Crippen LogP contribution < -0.4 is 5.73 Å². The molecule has 2 rings (SSSR count). The lowest BCUT2D eigenvalue weighted by Crippen LogP contribution is -2.51. The SMILES string of the molecule is CC(N)(C(=O)N1CCCS(=O)(=O)CC1)c1ccc(Br)cc1.Cl. The number of nitrogens with two attached hydrogens (primary N) is 1. The number of benzene rings is 1. The Kier molecular flexibility index (Phi) is 6.44. The Balaban J connectivity index is 0.00000242. The molecule has 0 radical (unpaired) electrons. The number of hydrogen-bond acceptors (Lipinski definition) is 4. The van der Waals surface area contributed by atoms with Gasteiger partial charge in [0.05, 0.1) is 11.5 Å². The van der Waals surface area contributed by atoms with Crippen molar-refractivity contribution in [2.45, 2.75) is 18.9 Å². The first-order valence-electron chi connectivity index (χ1n) is 6.77. The standard InChI is InChI=1S/C14H19BrN2O3S.ClH/c1-14(16,11-3-5-12(15)6-4-11)13(18)17-7-2-9-21(19,20)10-8-17;/h3-6H,2,7-10,16H2,1H3;1H. The number of hydrogen-bond donors (Lipinski definition) is 1. The summed E-state index contributed by atoms with van der Waals surface area (Å²) in [5.41, 5.74) is 5.78. The van der Waals surface area contributed by atoms with Gasteiger partial charge in [-0.1, -0.05) is 28.1 Å². The first-order chi connectivity index (χ1) is 9.72. The summed E-state index contributed by atoms with van der Waals surface area (Å²) in [6.45, 7) is 2.31. The molecule has 1 heterocycles. The molecule has 22 heavy (non-hydrogen) atoms. The van der Waals surface area contributed by atoms with Crippen LogP contribution in [0.3, 0.4) is 0 Å². The van der Waals surface area contributed by atoms with E-state index in [0.717, 1.165) is 4.47 Å². The van der Waals surface area contributed by atoms with Gasteiger partial charge in [-0.15, -0.1) is 12.4 Å². The fourth-order valence-corrected chi connectivity index (χ4v) is 3.93. The van der Waals surface area contributed by atoms with Crippen molar-refractivity contribution in [2.24, 2.45) is 5.73 Å². The molecule has 0 spiro atoms. The van der Waals surface area contributed by atoms with Crippen molar-refractivity contribution in [3.8, 4) is 0 Å². The summed E-state index contributed by atoms with van der Waals surface area (Å²) in [6, 6.07) is 7.27. The lowest BCUT2D eigenvalue weighted by Gasteiger charge is -2.31. The average Bonchev–Trinajstić information content (AvgIpc) is 2.59. The zero-order valence-electron chi connectivity index (χ0n) is 12.3.